The predicted molar refractivity (Wildman–Crippen MR) is 52.5 cm³/mol. The zero-order chi connectivity index (χ0) is 11.9. The van der Waals surface area contributed by atoms with Crippen molar-refractivity contribution < 1.29 is 18.3 Å². The van der Waals surface area contributed by atoms with Crippen LogP contribution in [0, 0.1) is 12.3 Å². The molecule has 1 amide bonds. The number of amides is 1. The second-order valence-electron chi connectivity index (χ2n) is 3.53. The Labute approximate surface area is 88.2 Å². The number of carbonyl (C=O) groups is 1. The van der Waals surface area contributed by atoms with Crippen LogP contribution < -0.4 is 5.32 Å². The van der Waals surface area contributed by atoms with Gasteiger partial charge in [-0.1, -0.05) is 5.92 Å². The van der Waals surface area contributed by atoms with Crippen LogP contribution in [0.25, 0.3) is 0 Å². The maximum atomic E-state index is 11.6. The number of nitrogens with one attached hydrogen (secondary N) is 1. The molecule has 0 bridgehead atoms. The van der Waals surface area contributed by atoms with E-state index in [1.807, 2.05) is 0 Å². The smallest absolute Gasteiger partial charge is 0.261 e. The van der Waals surface area contributed by atoms with E-state index in [0.717, 1.165) is 0 Å². The number of rotatable bonds is 6. The van der Waals surface area contributed by atoms with Gasteiger partial charge in [0.2, 0.25) is 5.91 Å². The van der Waals surface area contributed by atoms with Crippen LogP contribution in [0.3, 0.4) is 0 Å². The lowest BCUT2D eigenvalue weighted by Crippen LogP contribution is -2.42. The Kier molecular flexibility index (Phi) is 5.87. The first-order chi connectivity index (χ1) is 6.87. The molecule has 1 N–H and O–H groups in total. The average Bonchev–Trinajstić information content (AvgIpc) is 2.11. The van der Waals surface area contributed by atoms with Crippen LogP contribution in [0.15, 0.2) is 0 Å². The minimum Gasteiger partial charge on any atom is -0.375 e. The quantitative estimate of drug-likeness (QED) is 0.538. The highest BCUT2D eigenvalue weighted by Gasteiger charge is 2.16. The fraction of sp³-hybridized carbons (Fsp3) is 0.700. The number of halogens is 2. The van der Waals surface area contributed by atoms with Gasteiger partial charge in [-0.05, 0) is 13.8 Å². The number of hydrogen-bond acceptors (Lipinski definition) is 2. The van der Waals surface area contributed by atoms with Crippen molar-refractivity contribution in [3.63, 3.8) is 0 Å². The fourth-order valence-corrected chi connectivity index (χ4v) is 0.784. The monoisotopic (exact) mass is 219 g/mol. The van der Waals surface area contributed by atoms with Gasteiger partial charge in [-0.2, -0.15) is 0 Å². The van der Waals surface area contributed by atoms with Crippen LogP contribution in [-0.4, -0.2) is 31.1 Å². The minimum atomic E-state index is -2.50. The molecule has 0 heterocycles. The third kappa shape index (κ3) is 7.89. The molecule has 15 heavy (non-hydrogen) atoms. The van der Waals surface area contributed by atoms with E-state index in [4.69, 9.17) is 6.42 Å². The summed E-state index contributed by atoms with van der Waals surface area (Å²) < 4.78 is 27.8. The molecule has 0 aliphatic carbocycles. The molecular weight excluding hydrogens is 204 g/mol. The molecule has 0 aliphatic rings. The number of ether oxygens (including phenoxy) is 1. The van der Waals surface area contributed by atoms with Crippen LogP contribution in [0.4, 0.5) is 8.78 Å². The summed E-state index contributed by atoms with van der Waals surface area (Å²) in [5.74, 6) is 2.08. The van der Waals surface area contributed by atoms with E-state index in [1.54, 1.807) is 13.8 Å². The van der Waals surface area contributed by atoms with Crippen LogP contribution in [-0.2, 0) is 9.53 Å². The first-order valence-corrected chi connectivity index (χ1v) is 4.52. The molecule has 0 saturated heterocycles. The van der Waals surface area contributed by atoms with E-state index in [2.05, 4.69) is 16.0 Å². The standard InChI is InChI=1S/C10H15F2NO2/c1-4-10(2,3)13-9(14)5-6-15-7-8(11)12/h1,8H,5-7H2,2-3H3,(H,13,14). The van der Waals surface area contributed by atoms with E-state index in [-0.39, 0.29) is 18.9 Å². The Hall–Kier alpha value is -1.15. The van der Waals surface area contributed by atoms with Gasteiger partial charge in [0.05, 0.1) is 18.6 Å². The fourth-order valence-electron chi connectivity index (χ4n) is 0.784. The summed E-state index contributed by atoms with van der Waals surface area (Å²) in [5, 5.41) is 2.55. The molecule has 0 fully saturated rings. The number of carbonyl (C=O) groups excluding carboxylic acids is 1. The second kappa shape index (κ2) is 6.36. The third-order valence-electron chi connectivity index (χ3n) is 1.53. The Morgan fingerprint density at radius 1 is 1.60 bits per heavy atom. The molecule has 0 aliphatic heterocycles. The SMILES string of the molecule is C#CC(C)(C)NC(=O)CCOCC(F)F. The highest BCUT2D eigenvalue weighted by molar-refractivity contribution is 5.77. The molecule has 0 radical (unpaired) electrons. The highest BCUT2D eigenvalue weighted by atomic mass is 19.3. The van der Waals surface area contributed by atoms with Gasteiger partial charge < -0.3 is 10.1 Å². The van der Waals surface area contributed by atoms with Crippen molar-refractivity contribution in [3.05, 3.63) is 0 Å². The Morgan fingerprint density at radius 2 is 2.20 bits per heavy atom. The summed E-state index contributed by atoms with van der Waals surface area (Å²) >= 11 is 0. The van der Waals surface area contributed by atoms with Crippen molar-refractivity contribution in [2.24, 2.45) is 0 Å². The van der Waals surface area contributed by atoms with Crippen molar-refractivity contribution in [1.29, 1.82) is 0 Å². The summed E-state index contributed by atoms with van der Waals surface area (Å²) in [7, 11) is 0. The summed E-state index contributed by atoms with van der Waals surface area (Å²) in [6.07, 6.45) is 2.68. The van der Waals surface area contributed by atoms with Crippen molar-refractivity contribution in [1.82, 2.24) is 5.32 Å². The van der Waals surface area contributed by atoms with Gasteiger partial charge in [0.1, 0.15) is 6.61 Å². The molecule has 0 rings (SSSR count). The summed E-state index contributed by atoms with van der Waals surface area (Å²) in [4.78, 5) is 11.2. The van der Waals surface area contributed by atoms with E-state index in [9.17, 15) is 13.6 Å². The summed E-state index contributed by atoms with van der Waals surface area (Å²) in [5.41, 5.74) is -0.722. The molecule has 0 aromatic carbocycles. The predicted octanol–water partition coefficient (Wildman–Crippen LogP) is 1.19. The van der Waals surface area contributed by atoms with Crippen molar-refractivity contribution in [3.8, 4) is 12.3 Å². The molecular formula is C10H15F2NO2. The van der Waals surface area contributed by atoms with Crippen molar-refractivity contribution in [2.75, 3.05) is 13.2 Å². The van der Waals surface area contributed by atoms with Gasteiger partial charge in [0.15, 0.2) is 0 Å². The number of terminal acetylenes is 1. The Bertz CT molecular complexity index is 246. The molecule has 0 aromatic rings. The van der Waals surface area contributed by atoms with Gasteiger partial charge >= 0.3 is 0 Å². The minimum absolute atomic E-state index is 0.0256. The van der Waals surface area contributed by atoms with Gasteiger partial charge in [0.25, 0.3) is 6.43 Å². The maximum Gasteiger partial charge on any atom is 0.261 e. The summed E-state index contributed by atoms with van der Waals surface area (Å²) in [6, 6.07) is 0. The number of alkyl halides is 2. The van der Waals surface area contributed by atoms with Crippen LogP contribution >= 0.6 is 0 Å². The third-order valence-corrected chi connectivity index (χ3v) is 1.53. The van der Waals surface area contributed by atoms with E-state index < -0.39 is 18.6 Å². The van der Waals surface area contributed by atoms with Crippen LogP contribution in [0.2, 0.25) is 0 Å². The first-order valence-electron chi connectivity index (χ1n) is 4.52. The first kappa shape index (κ1) is 13.8. The van der Waals surface area contributed by atoms with Gasteiger partial charge in [0, 0.05) is 0 Å². The lowest BCUT2D eigenvalue weighted by Gasteiger charge is -2.19. The lowest BCUT2D eigenvalue weighted by atomic mass is 10.1. The van der Waals surface area contributed by atoms with Crippen molar-refractivity contribution >= 4 is 5.91 Å². The lowest BCUT2D eigenvalue weighted by molar-refractivity contribution is -0.123. The molecule has 0 unspecified atom stereocenters. The summed E-state index contributed by atoms with van der Waals surface area (Å²) in [6.45, 7) is 2.67. The number of hydrogen-bond donors (Lipinski definition) is 1. The topological polar surface area (TPSA) is 38.3 Å². The zero-order valence-corrected chi connectivity index (χ0v) is 8.85. The largest absolute Gasteiger partial charge is 0.375 e. The molecule has 0 atom stereocenters. The zero-order valence-electron chi connectivity index (χ0n) is 8.85. The van der Waals surface area contributed by atoms with Crippen LogP contribution in [0.1, 0.15) is 20.3 Å². The molecule has 3 nitrogen and oxygen atoms in total. The average molecular weight is 219 g/mol. The van der Waals surface area contributed by atoms with Gasteiger partial charge in [-0.3, -0.25) is 4.79 Å². The molecule has 0 aromatic heterocycles. The highest BCUT2D eigenvalue weighted by Crippen LogP contribution is 2.00. The Balaban J connectivity index is 3.64. The van der Waals surface area contributed by atoms with E-state index in [1.165, 1.54) is 0 Å². The molecule has 5 heteroatoms. The van der Waals surface area contributed by atoms with Crippen LogP contribution in [0.5, 0.6) is 0 Å². The van der Waals surface area contributed by atoms with E-state index in [0.29, 0.717) is 0 Å². The molecule has 0 saturated carbocycles. The Morgan fingerprint density at radius 3 is 2.67 bits per heavy atom. The molecule has 86 valence electrons. The van der Waals surface area contributed by atoms with E-state index >= 15 is 0 Å². The van der Waals surface area contributed by atoms with Crippen molar-refractivity contribution in [2.45, 2.75) is 32.2 Å². The normalized spacial score (nSPS) is 11.2. The maximum absolute atomic E-state index is 11.6. The van der Waals surface area contributed by atoms with Gasteiger partial charge in [-0.15, -0.1) is 6.42 Å². The second-order valence-corrected chi connectivity index (χ2v) is 3.53. The molecule has 0 spiro atoms. The van der Waals surface area contributed by atoms with Gasteiger partial charge in [-0.25, -0.2) is 8.78 Å².